The highest BCUT2D eigenvalue weighted by Gasteiger charge is 2.29. The number of hydrogen-bond acceptors (Lipinski definition) is 5. The van der Waals surface area contributed by atoms with Crippen LogP contribution in [0, 0.1) is 17.2 Å². The van der Waals surface area contributed by atoms with Crippen molar-refractivity contribution in [2.24, 2.45) is 5.92 Å². The van der Waals surface area contributed by atoms with E-state index in [2.05, 4.69) is 22.5 Å². The molecule has 1 aromatic heterocycles. The van der Waals surface area contributed by atoms with E-state index in [1.165, 1.54) is 0 Å². The number of fused-ring (bicyclic) bond motifs is 1. The Morgan fingerprint density at radius 3 is 2.75 bits per heavy atom. The van der Waals surface area contributed by atoms with Gasteiger partial charge in [-0.1, -0.05) is 30.3 Å². The van der Waals surface area contributed by atoms with Crippen LogP contribution in [-0.4, -0.2) is 40.5 Å². The van der Waals surface area contributed by atoms with E-state index in [4.69, 9.17) is 5.26 Å². The van der Waals surface area contributed by atoms with Crippen molar-refractivity contribution in [2.45, 2.75) is 19.4 Å². The normalized spacial score (nSPS) is 14.2. The van der Waals surface area contributed by atoms with Crippen LogP contribution in [0.15, 0.2) is 67.3 Å². The number of benzene rings is 2. The number of rotatable bonds is 6. The van der Waals surface area contributed by atoms with E-state index in [1.54, 1.807) is 18.2 Å². The van der Waals surface area contributed by atoms with Crippen LogP contribution >= 0.6 is 0 Å². The van der Waals surface area contributed by atoms with E-state index >= 15 is 0 Å². The monoisotopic (exact) mass is 426 g/mol. The van der Waals surface area contributed by atoms with Crippen LogP contribution in [0.3, 0.4) is 0 Å². The maximum atomic E-state index is 13.3. The zero-order valence-corrected chi connectivity index (χ0v) is 17.9. The lowest BCUT2D eigenvalue weighted by atomic mass is 9.94. The Hall–Kier alpha value is -3.85. The molecule has 6 heteroatoms. The quantitative estimate of drug-likeness (QED) is 0.596. The van der Waals surface area contributed by atoms with Gasteiger partial charge in [0.1, 0.15) is 17.1 Å². The van der Waals surface area contributed by atoms with Crippen molar-refractivity contribution in [3.05, 3.63) is 78.4 Å². The largest absolute Gasteiger partial charge is 0.506 e. The molecule has 2 aromatic carbocycles. The summed E-state index contributed by atoms with van der Waals surface area (Å²) >= 11 is 0. The maximum absolute atomic E-state index is 13.3. The molecule has 0 aliphatic carbocycles. The number of nitrogens with zero attached hydrogens (tertiary/aromatic N) is 4. The SMILES string of the molecule is C=CCN(Cc1cccc(C#N)c1)C(=O)C1CCN(c2ccc3cccc(O)c3n2)CC1. The number of para-hydroxylation sites is 1. The van der Waals surface area contributed by atoms with Crippen molar-refractivity contribution in [3.63, 3.8) is 0 Å². The predicted octanol–water partition coefficient (Wildman–Crippen LogP) is 4.24. The molecule has 2 heterocycles. The van der Waals surface area contributed by atoms with E-state index in [-0.39, 0.29) is 17.6 Å². The Balaban J connectivity index is 1.43. The van der Waals surface area contributed by atoms with Gasteiger partial charge in [0.25, 0.3) is 0 Å². The van der Waals surface area contributed by atoms with Crippen LogP contribution in [0.5, 0.6) is 5.75 Å². The highest BCUT2D eigenvalue weighted by atomic mass is 16.3. The molecule has 4 rings (SSSR count). The number of carbonyl (C=O) groups is 1. The fourth-order valence-electron chi connectivity index (χ4n) is 4.26. The first-order valence-electron chi connectivity index (χ1n) is 10.8. The number of amides is 1. The fraction of sp³-hybridized carbons (Fsp3) is 0.269. The summed E-state index contributed by atoms with van der Waals surface area (Å²) in [5.74, 6) is 1.06. The van der Waals surface area contributed by atoms with Gasteiger partial charge in [-0.05, 0) is 48.7 Å². The first-order valence-corrected chi connectivity index (χ1v) is 10.8. The van der Waals surface area contributed by atoms with Crippen molar-refractivity contribution >= 4 is 22.6 Å². The first-order chi connectivity index (χ1) is 15.6. The second kappa shape index (κ2) is 9.52. The number of nitriles is 1. The van der Waals surface area contributed by atoms with Gasteiger partial charge in [-0.3, -0.25) is 4.79 Å². The molecule has 0 radical (unpaired) electrons. The molecular weight excluding hydrogens is 400 g/mol. The summed E-state index contributed by atoms with van der Waals surface area (Å²) in [4.78, 5) is 21.9. The van der Waals surface area contributed by atoms with Crippen LogP contribution in [-0.2, 0) is 11.3 Å². The summed E-state index contributed by atoms with van der Waals surface area (Å²) in [7, 11) is 0. The number of phenolic OH excluding ortho intramolecular Hbond substituents is 1. The molecule has 6 nitrogen and oxygen atoms in total. The second-order valence-corrected chi connectivity index (χ2v) is 8.10. The van der Waals surface area contributed by atoms with Gasteiger partial charge in [0, 0.05) is 37.5 Å². The van der Waals surface area contributed by atoms with Gasteiger partial charge in [0.15, 0.2) is 0 Å². The third-order valence-corrected chi connectivity index (χ3v) is 5.94. The van der Waals surface area contributed by atoms with Crippen molar-refractivity contribution < 1.29 is 9.90 Å². The van der Waals surface area contributed by atoms with Gasteiger partial charge < -0.3 is 14.9 Å². The van der Waals surface area contributed by atoms with Crippen molar-refractivity contribution in [3.8, 4) is 11.8 Å². The topological polar surface area (TPSA) is 80.5 Å². The molecule has 0 unspecified atom stereocenters. The number of aromatic hydroxyl groups is 1. The highest BCUT2D eigenvalue weighted by Crippen LogP contribution is 2.28. The minimum atomic E-state index is -0.0563. The van der Waals surface area contributed by atoms with Crippen LogP contribution in [0.25, 0.3) is 10.9 Å². The standard InChI is InChI=1S/C26H26N4O2/c1-2-13-30(18-20-6-3-5-19(16-20)17-27)26(32)22-11-14-29(15-12-22)24-10-9-21-7-4-8-23(31)25(21)28-24/h2-10,16,22,31H,1,11-15,18H2. The molecule has 162 valence electrons. The number of anilines is 1. The molecule has 1 saturated heterocycles. The van der Waals surface area contributed by atoms with Crippen LogP contribution in [0.1, 0.15) is 24.0 Å². The summed E-state index contributed by atoms with van der Waals surface area (Å²) in [6.45, 7) is 6.20. The van der Waals surface area contributed by atoms with Crippen molar-refractivity contribution in [2.75, 3.05) is 24.5 Å². The lowest BCUT2D eigenvalue weighted by Crippen LogP contribution is -2.42. The van der Waals surface area contributed by atoms with E-state index in [9.17, 15) is 9.90 Å². The molecule has 0 bridgehead atoms. The van der Waals surface area contributed by atoms with E-state index in [0.717, 1.165) is 42.7 Å². The van der Waals surface area contributed by atoms with Gasteiger partial charge in [-0.2, -0.15) is 5.26 Å². The Bertz CT molecular complexity index is 1180. The zero-order valence-electron chi connectivity index (χ0n) is 17.9. The molecule has 1 N–H and O–H groups in total. The average molecular weight is 427 g/mol. The number of aromatic nitrogens is 1. The fourth-order valence-corrected chi connectivity index (χ4v) is 4.26. The predicted molar refractivity (Wildman–Crippen MR) is 125 cm³/mol. The molecular formula is C26H26N4O2. The zero-order chi connectivity index (χ0) is 22.5. The smallest absolute Gasteiger partial charge is 0.226 e. The molecule has 1 aliphatic rings. The third-order valence-electron chi connectivity index (χ3n) is 5.94. The first kappa shape index (κ1) is 21.4. The minimum Gasteiger partial charge on any atom is -0.506 e. The number of carbonyl (C=O) groups excluding carboxylic acids is 1. The van der Waals surface area contributed by atoms with Gasteiger partial charge in [-0.15, -0.1) is 6.58 Å². The number of piperidine rings is 1. The number of hydrogen-bond donors (Lipinski definition) is 1. The summed E-state index contributed by atoms with van der Waals surface area (Å²) < 4.78 is 0. The lowest BCUT2D eigenvalue weighted by Gasteiger charge is -2.34. The van der Waals surface area contributed by atoms with Gasteiger partial charge in [-0.25, -0.2) is 4.98 Å². The molecule has 1 fully saturated rings. The summed E-state index contributed by atoms with van der Waals surface area (Å²) in [6.07, 6.45) is 3.23. The third kappa shape index (κ3) is 4.57. The molecule has 1 aliphatic heterocycles. The molecule has 3 aromatic rings. The Morgan fingerprint density at radius 1 is 1.22 bits per heavy atom. The summed E-state index contributed by atoms with van der Waals surface area (Å²) in [5.41, 5.74) is 2.13. The molecule has 0 atom stereocenters. The second-order valence-electron chi connectivity index (χ2n) is 8.10. The molecule has 32 heavy (non-hydrogen) atoms. The molecule has 1 amide bonds. The maximum Gasteiger partial charge on any atom is 0.226 e. The Kier molecular flexibility index (Phi) is 6.37. The summed E-state index contributed by atoms with van der Waals surface area (Å²) in [6, 6.07) is 18.8. The Morgan fingerprint density at radius 2 is 2.00 bits per heavy atom. The van der Waals surface area contributed by atoms with Gasteiger partial charge in [0.2, 0.25) is 5.91 Å². The number of phenols is 1. The Labute approximate surface area is 188 Å². The van der Waals surface area contributed by atoms with Crippen molar-refractivity contribution in [1.29, 1.82) is 5.26 Å². The molecule has 0 saturated carbocycles. The van der Waals surface area contributed by atoms with Crippen LogP contribution < -0.4 is 4.90 Å². The van der Waals surface area contributed by atoms with Gasteiger partial charge in [0.05, 0.1) is 11.6 Å². The van der Waals surface area contributed by atoms with E-state index in [0.29, 0.717) is 24.2 Å². The highest BCUT2D eigenvalue weighted by molar-refractivity contribution is 5.85. The van der Waals surface area contributed by atoms with E-state index < -0.39 is 0 Å². The van der Waals surface area contributed by atoms with Gasteiger partial charge >= 0.3 is 0 Å². The lowest BCUT2D eigenvalue weighted by molar-refractivity contribution is -0.136. The van der Waals surface area contributed by atoms with Crippen molar-refractivity contribution in [1.82, 2.24) is 9.88 Å². The van der Waals surface area contributed by atoms with Crippen LogP contribution in [0.4, 0.5) is 5.82 Å². The summed E-state index contributed by atoms with van der Waals surface area (Å²) in [5, 5.41) is 20.2. The average Bonchev–Trinajstić information content (AvgIpc) is 2.84. The number of pyridine rings is 1. The minimum absolute atomic E-state index is 0.0563. The molecule has 0 spiro atoms. The van der Waals surface area contributed by atoms with Crippen LogP contribution in [0.2, 0.25) is 0 Å². The van der Waals surface area contributed by atoms with E-state index in [1.807, 2.05) is 47.4 Å².